The molecule has 33 heavy (non-hydrogen) atoms. The molecule has 0 amide bonds. The molecule has 3 rings (SSSR count). The zero-order valence-electron chi connectivity index (χ0n) is 21.3. The molecule has 0 aromatic carbocycles. The number of aliphatic hydroxyl groups is 2. The summed E-state index contributed by atoms with van der Waals surface area (Å²) in [4.78, 5) is 11.2. The number of aliphatic carboxylic acids is 1. The third-order valence-corrected chi connectivity index (χ3v) is 9.02. The fourth-order valence-electron chi connectivity index (χ4n) is 7.20. The van der Waals surface area contributed by atoms with Gasteiger partial charge in [0.2, 0.25) is 0 Å². The molecule has 5 atom stereocenters. The van der Waals surface area contributed by atoms with Gasteiger partial charge in [-0.1, -0.05) is 56.6 Å². The minimum absolute atomic E-state index is 0.206. The van der Waals surface area contributed by atoms with Gasteiger partial charge < -0.3 is 15.3 Å². The number of fused-ring (bicyclic) bond motifs is 1. The van der Waals surface area contributed by atoms with Gasteiger partial charge in [-0.2, -0.15) is 0 Å². The quantitative estimate of drug-likeness (QED) is 0.384. The van der Waals surface area contributed by atoms with Gasteiger partial charge in [-0.3, -0.25) is 4.79 Å². The predicted molar refractivity (Wildman–Crippen MR) is 134 cm³/mol. The lowest BCUT2D eigenvalue weighted by Gasteiger charge is -2.44. The minimum Gasteiger partial charge on any atom is -0.481 e. The standard InChI is InChI=1S/C29H46O4/c1-20-14-17-29(33,19-26(30)31)18-23(20)11-10-22-9-7-16-28(5)24(12-13-25(22)28)21(2)8-6-15-27(3,4)32/h10-11,21,24-25,32-33H,1,6-9,12-19H2,2-5H3,(H,30,31)/b22-10+,23-11-/t21-,24-,25+,28-,29+/m1/s1. The average molecular weight is 459 g/mol. The zero-order valence-corrected chi connectivity index (χ0v) is 21.3. The molecule has 0 aliphatic heterocycles. The van der Waals surface area contributed by atoms with E-state index >= 15 is 0 Å². The molecule has 4 heteroatoms. The normalized spacial score (nSPS) is 36.2. The molecule has 3 aliphatic rings. The lowest BCUT2D eigenvalue weighted by Crippen LogP contribution is -2.36. The van der Waals surface area contributed by atoms with E-state index in [1.807, 2.05) is 13.8 Å². The van der Waals surface area contributed by atoms with E-state index in [-0.39, 0.29) is 6.42 Å². The maximum atomic E-state index is 11.2. The Hall–Kier alpha value is -1.39. The molecule has 186 valence electrons. The van der Waals surface area contributed by atoms with Crippen molar-refractivity contribution < 1.29 is 20.1 Å². The van der Waals surface area contributed by atoms with Gasteiger partial charge in [0.1, 0.15) is 0 Å². The molecule has 3 aliphatic carbocycles. The SMILES string of the molecule is C=C1CC[C@@](O)(CC(=O)O)C/C1=C/C=C1\CCC[C@]2(C)[C@@H]([C@H](C)CCCC(C)(C)O)CC[C@@H]12. The first-order valence-corrected chi connectivity index (χ1v) is 13.1. The highest BCUT2D eigenvalue weighted by Crippen LogP contribution is 2.60. The Labute approximate surface area is 200 Å². The van der Waals surface area contributed by atoms with Crippen LogP contribution in [0.15, 0.2) is 35.5 Å². The van der Waals surface area contributed by atoms with Gasteiger partial charge in [0.15, 0.2) is 0 Å². The smallest absolute Gasteiger partial charge is 0.306 e. The minimum atomic E-state index is -1.16. The topological polar surface area (TPSA) is 77.8 Å². The summed E-state index contributed by atoms with van der Waals surface area (Å²) >= 11 is 0. The Morgan fingerprint density at radius 2 is 1.97 bits per heavy atom. The summed E-state index contributed by atoms with van der Waals surface area (Å²) in [5, 5.41) is 30.0. The van der Waals surface area contributed by atoms with Crippen molar-refractivity contribution in [2.75, 3.05) is 0 Å². The van der Waals surface area contributed by atoms with Crippen molar-refractivity contribution in [2.45, 2.75) is 116 Å². The molecular weight excluding hydrogens is 412 g/mol. The molecule has 0 spiro atoms. The summed E-state index contributed by atoms with van der Waals surface area (Å²) in [5.41, 5.74) is 2.18. The number of carboxylic acids is 1. The highest BCUT2D eigenvalue weighted by Gasteiger charge is 2.50. The molecule has 0 radical (unpaired) electrons. The summed E-state index contributed by atoms with van der Waals surface area (Å²) in [6.07, 6.45) is 15.0. The third kappa shape index (κ3) is 6.39. The van der Waals surface area contributed by atoms with Gasteiger partial charge in [-0.15, -0.1) is 0 Å². The summed E-state index contributed by atoms with van der Waals surface area (Å²) < 4.78 is 0. The van der Waals surface area contributed by atoms with Gasteiger partial charge in [0.05, 0.1) is 17.6 Å². The molecule has 3 fully saturated rings. The first kappa shape index (κ1) is 26.2. The average Bonchev–Trinajstić information content (AvgIpc) is 3.04. The van der Waals surface area contributed by atoms with Crippen LogP contribution in [0.5, 0.6) is 0 Å². The number of hydrogen-bond donors (Lipinski definition) is 3. The van der Waals surface area contributed by atoms with Gasteiger partial charge in [-0.25, -0.2) is 0 Å². The van der Waals surface area contributed by atoms with Gasteiger partial charge >= 0.3 is 5.97 Å². The first-order valence-electron chi connectivity index (χ1n) is 13.1. The summed E-state index contributed by atoms with van der Waals surface area (Å²) in [6, 6.07) is 0. The number of carbonyl (C=O) groups is 1. The summed E-state index contributed by atoms with van der Waals surface area (Å²) in [6.45, 7) is 12.9. The van der Waals surface area contributed by atoms with E-state index in [1.165, 1.54) is 37.7 Å². The Morgan fingerprint density at radius 3 is 2.64 bits per heavy atom. The zero-order chi connectivity index (χ0) is 24.4. The summed E-state index contributed by atoms with van der Waals surface area (Å²) in [5.74, 6) is 1.06. The van der Waals surface area contributed by atoms with E-state index in [4.69, 9.17) is 0 Å². The van der Waals surface area contributed by atoms with Crippen LogP contribution >= 0.6 is 0 Å². The van der Waals surface area contributed by atoms with E-state index in [0.717, 1.165) is 36.3 Å². The van der Waals surface area contributed by atoms with Crippen LogP contribution in [0.2, 0.25) is 0 Å². The second kappa shape index (κ2) is 10.1. The van der Waals surface area contributed by atoms with Crippen molar-refractivity contribution in [3.63, 3.8) is 0 Å². The Kier molecular flexibility index (Phi) is 8.01. The molecule has 0 heterocycles. The van der Waals surface area contributed by atoms with Gasteiger partial charge in [0, 0.05) is 6.42 Å². The first-order chi connectivity index (χ1) is 15.3. The molecule has 3 N–H and O–H groups in total. The van der Waals surface area contributed by atoms with Crippen LogP contribution in [0.4, 0.5) is 0 Å². The van der Waals surface area contributed by atoms with Gasteiger partial charge in [-0.05, 0) is 94.0 Å². The number of rotatable bonds is 8. The molecule has 3 saturated carbocycles. The van der Waals surface area contributed by atoms with Crippen LogP contribution < -0.4 is 0 Å². The van der Waals surface area contributed by atoms with E-state index < -0.39 is 17.2 Å². The second-order valence-corrected chi connectivity index (χ2v) is 12.3. The van der Waals surface area contributed by atoms with Crippen LogP contribution in [0.3, 0.4) is 0 Å². The second-order valence-electron chi connectivity index (χ2n) is 12.3. The van der Waals surface area contributed by atoms with Crippen molar-refractivity contribution >= 4 is 5.97 Å². The van der Waals surface area contributed by atoms with Crippen molar-refractivity contribution in [1.82, 2.24) is 0 Å². The molecular formula is C29H46O4. The van der Waals surface area contributed by atoms with E-state index in [2.05, 4.69) is 32.6 Å². The summed E-state index contributed by atoms with van der Waals surface area (Å²) in [7, 11) is 0. The molecule has 0 bridgehead atoms. The van der Waals surface area contributed by atoms with Crippen LogP contribution in [-0.4, -0.2) is 32.5 Å². The van der Waals surface area contributed by atoms with Crippen LogP contribution in [0.25, 0.3) is 0 Å². The Morgan fingerprint density at radius 1 is 1.24 bits per heavy atom. The number of allylic oxidation sites excluding steroid dienone is 4. The molecule has 0 unspecified atom stereocenters. The van der Waals surface area contributed by atoms with Crippen LogP contribution in [-0.2, 0) is 4.79 Å². The number of carboxylic acid groups (broad SMARTS) is 1. The molecule has 0 aromatic heterocycles. The van der Waals surface area contributed by atoms with Crippen molar-refractivity contribution in [3.8, 4) is 0 Å². The lowest BCUT2D eigenvalue weighted by atomic mass is 9.60. The predicted octanol–water partition coefficient (Wildman–Crippen LogP) is 6.58. The van der Waals surface area contributed by atoms with E-state index in [1.54, 1.807) is 0 Å². The van der Waals surface area contributed by atoms with Crippen LogP contribution in [0.1, 0.15) is 105 Å². The van der Waals surface area contributed by atoms with Crippen molar-refractivity contribution in [3.05, 3.63) is 35.5 Å². The largest absolute Gasteiger partial charge is 0.481 e. The molecule has 4 nitrogen and oxygen atoms in total. The Bertz CT molecular complexity index is 801. The fraction of sp³-hybridized carbons (Fsp3) is 0.759. The molecule has 0 aromatic rings. The highest BCUT2D eigenvalue weighted by molar-refractivity contribution is 5.68. The van der Waals surface area contributed by atoms with E-state index in [9.17, 15) is 20.1 Å². The lowest BCUT2D eigenvalue weighted by molar-refractivity contribution is -0.143. The maximum Gasteiger partial charge on any atom is 0.306 e. The monoisotopic (exact) mass is 458 g/mol. The fourth-order valence-corrected chi connectivity index (χ4v) is 7.20. The van der Waals surface area contributed by atoms with Gasteiger partial charge in [0.25, 0.3) is 0 Å². The Balaban J connectivity index is 1.71. The van der Waals surface area contributed by atoms with Crippen LogP contribution in [0, 0.1) is 23.2 Å². The van der Waals surface area contributed by atoms with Crippen molar-refractivity contribution in [2.24, 2.45) is 23.2 Å². The third-order valence-electron chi connectivity index (χ3n) is 9.02. The van der Waals surface area contributed by atoms with E-state index in [0.29, 0.717) is 36.5 Å². The molecule has 0 saturated heterocycles. The highest BCUT2D eigenvalue weighted by atomic mass is 16.4. The van der Waals surface area contributed by atoms with Crippen molar-refractivity contribution in [1.29, 1.82) is 0 Å². The number of hydrogen-bond acceptors (Lipinski definition) is 3. The maximum absolute atomic E-state index is 11.2.